The van der Waals surface area contributed by atoms with Gasteiger partial charge in [0.05, 0.1) is 5.69 Å². The number of fused-ring (bicyclic) bond motifs is 1. The summed E-state index contributed by atoms with van der Waals surface area (Å²) in [6.45, 7) is 11.5. The van der Waals surface area contributed by atoms with Crippen LogP contribution in [0.1, 0.15) is 34.4 Å². The number of anilines is 2. The van der Waals surface area contributed by atoms with Crippen molar-refractivity contribution in [3.05, 3.63) is 46.7 Å². The topological polar surface area (TPSA) is 21.1 Å². The zero-order chi connectivity index (χ0) is 15.1. The molecule has 3 heteroatoms. The van der Waals surface area contributed by atoms with Crippen LogP contribution in [0.25, 0.3) is 6.08 Å². The van der Waals surface area contributed by atoms with Crippen LogP contribution in [0.15, 0.2) is 18.7 Å². The fourth-order valence-corrected chi connectivity index (χ4v) is 3.61. The summed E-state index contributed by atoms with van der Waals surface area (Å²) in [7, 11) is 2.00. The van der Waals surface area contributed by atoms with Crippen molar-refractivity contribution in [2.75, 3.05) is 11.4 Å². The summed E-state index contributed by atoms with van der Waals surface area (Å²) < 4.78 is 1.95. The fraction of sp³-hybridized carbons (Fsp3) is 0.389. The van der Waals surface area contributed by atoms with Crippen LogP contribution in [0.4, 0.5) is 11.5 Å². The van der Waals surface area contributed by atoms with E-state index in [2.05, 4.69) is 44.4 Å². The van der Waals surface area contributed by atoms with Crippen LogP contribution in [0.2, 0.25) is 0 Å². The Kier molecular flexibility index (Phi) is 3.36. The van der Waals surface area contributed by atoms with Gasteiger partial charge >= 0.3 is 0 Å². The second-order valence-electron chi connectivity index (χ2n) is 6.02. The highest BCUT2D eigenvalue weighted by atomic mass is 15.4. The first-order valence-electron chi connectivity index (χ1n) is 7.56. The number of benzene rings is 1. The molecule has 0 fully saturated rings. The molecule has 2 heterocycles. The van der Waals surface area contributed by atoms with Gasteiger partial charge in [-0.05, 0) is 50.8 Å². The minimum atomic E-state index is 1.03. The lowest BCUT2D eigenvalue weighted by molar-refractivity contribution is 0.738. The molecule has 0 bridgehead atoms. The van der Waals surface area contributed by atoms with Gasteiger partial charge in [-0.1, -0.05) is 24.3 Å². The standard InChI is InChI=1S/C18H23N3/c1-6-16-15-8-7-9-21(18(15)19-20(16)5)17-13(3)10-12(2)11-14(17)4/h6,10-11H,1,7-9H2,2-5H3. The summed E-state index contributed by atoms with van der Waals surface area (Å²) in [5.41, 5.74) is 7.77. The van der Waals surface area contributed by atoms with Crippen LogP contribution in [0.5, 0.6) is 0 Å². The van der Waals surface area contributed by atoms with Gasteiger partial charge in [0.1, 0.15) is 0 Å². The lowest BCUT2D eigenvalue weighted by Gasteiger charge is -2.30. The van der Waals surface area contributed by atoms with Gasteiger partial charge in [0, 0.05) is 24.8 Å². The normalized spacial score (nSPS) is 14.2. The van der Waals surface area contributed by atoms with Crippen LogP contribution < -0.4 is 4.90 Å². The van der Waals surface area contributed by atoms with E-state index in [1.54, 1.807) is 0 Å². The Bertz CT molecular complexity index is 686. The number of aryl methyl sites for hydroxylation is 4. The Labute approximate surface area is 126 Å². The molecule has 0 radical (unpaired) electrons. The summed E-state index contributed by atoms with van der Waals surface area (Å²) in [6, 6.07) is 4.52. The molecule has 1 aliphatic rings. The van der Waals surface area contributed by atoms with Gasteiger partial charge in [0.15, 0.2) is 5.82 Å². The Morgan fingerprint density at radius 3 is 2.48 bits per heavy atom. The molecular formula is C18H23N3. The molecule has 1 aromatic heterocycles. The molecule has 0 atom stereocenters. The van der Waals surface area contributed by atoms with Gasteiger partial charge in [-0.25, -0.2) is 0 Å². The number of rotatable bonds is 2. The van der Waals surface area contributed by atoms with E-state index < -0.39 is 0 Å². The molecule has 0 spiro atoms. The molecular weight excluding hydrogens is 258 g/mol. The van der Waals surface area contributed by atoms with Gasteiger partial charge < -0.3 is 4.90 Å². The van der Waals surface area contributed by atoms with E-state index in [-0.39, 0.29) is 0 Å². The van der Waals surface area contributed by atoms with Crippen molar-refractivity contribution < 1.29 is 0 Å². The highest BCUT2D eigenvalue weighted by molar-refractivity contribution is 5.73. The van der Waals surface area contributed by atoms with Gasteiger partial charge in [-0.2, -0.15) is 5.10 Å². The Hall–Kier alpha value is -2.03. The smallest absolute Gasteiger partial charge is 0.158 e. The van der Waals surface area contributed by atoms with Crippen molar-refractivity contribution >= 4 is 17.6 Å². The second kappa shape index (κ2) is 5.06. The molecule has 0 saturated carbocycles. The average Bonchev–Trinajstić information content (AvgIpc) is 2.73. The van der Waals surface area contributed by atoms with Gasteiger partial charge in [0.2, 0.25) is 0 Å². The first kappa shape index (κ1) is 13.9. The van der Waals surface area contributed by atoms with E-state index in [1.807, 2.05) is 17.8 Å². The largest absolute Gasteiger partial charge is 0.324 e. The summed E-state index contributed by atoms with van der Waals surface area (Å²) in [5, 5.41) is 4.76. The summed E-state index contributed by atoms with van der Waals surface area (Å²) >= 11 is 0. The van der Waals surface area contributed by atoms with Crippen molar-refractivity contribution in [1.29, 1.82) is 0 Å². The first-order valence-corrected chi connectivity index (χ1v) is 7.56. The van der Waals surface area contributed by atoms with Gasteiger partial charge in [0.25, 0.3) is 0 Å². The van der Waals surface area contributed by atoms with E-state index in [0.29, 0.717) is 0 Å². The Morgan fingerprint density at radius 1 is 1.19 bits per heavy atom. The molecule has 0 amide bonds. The maximum atomic E-state index is 4.76. The minimum Gasteiger partial charge on any atom is -0.324 e. The lowest BCUT2D eigenvalue weighted by atomic mass is 9.99. The third-order valence-corrected chi connectivity index (χ3v) is 4.34. The number of hydrogen-bond acceptors (Lipinski definition) is 2. The van der Waals surface area contributed by atoms with Crippen molar-refractivity contribution in [2.45, 2.75) is 33.6 Å². The van der Waals surface area contributed by atoms with E-state index >= 15 is 0 Å². The monoisotopic (exact) mass is 281 g/mol. The van der Waals surface area contributed by atoms with E-state index in [0.717, 1.165) is 30.9 Å². The number of nitrogens with zero attached hydrogens (tertiary/aromatic N) is 3. The molecule has 3 nitrogen and oxygen atoms in total. The molecule has 0 N–H and O–H groups in total. The molecule has 3 rings (SSSR count). The van der Waals surface area contributed by atoms with E-state index in [9.17, 15) is 0 Å². The predicted molar refractivity (Wildman–Crippen MR) is 89.3 cm³/mol. The van der Waals surface area contributed by atoms with Crippen molar-refractivity contribution in [3.8, 4) is 0 Å². The fourth-order valence-electron chi connectivity index (χ4n) is 3.61. The lowest BCUT2D eigenvalue weighted by Crippen LogP contribution is -2.26. The zero-order valence-electron chi connectivity index (χ0n) is 13.4. The minimum absolute atomic E-state index is 1.03. The maximum Gasteiger partial charge on any atom is 0.158 e. The summed E-state index contributed by atoms with van der Waals surface area (Å²) in [4.78, 5) is 2.38. The van der Waals surface area contributed by atoms with Gasteiger partial charge in [-0.15, -0.1) is 0 Å². The SMILES string of the molecule is C=Cc1c2c(nn1C)N(c1c(C)cc(C)cc1C)CCC2. The molecule has 110 valence electrons. The van der Waals surface area contributed by atoms with Crippen molar-refractivity contribution in [2.24, 2.45) is 7.05 Å². The molecule has 21 heavy (non-hydrogen) atoms. The van der Waals surface area contributed by atoms with Gasteiger partial charge in [-0.3, -0.25) is 4.68 Å². The summed E-state index contributed by atoms with van der Waals surface area (Å²) in [6.07, 6.45) is 4.17. The van der Waals surface area contributed by atoms with Crippen molar-refractivity contribution in [1.82, 2.24) is 9.78 Å². The predicted octanol–water partition coefficient (Wildman–Crippen LogP) is 4.07. The highest BCUT2D eigenvalue weighted by Crippen LogP contribution is 2.38. The van der Waals surface area contributed by atoms with Crippen LogP contribution in [0, 0.1) is 20.8 Å². The van der Waals surface area contributed by atoms with Crippen LogP contribution in [-0.2, 0) is 13.5 Å². The molecule has 0 saturated heterocycles. The number of hydrogen-bond donors (Lipinski definition) is 0. The number of aromatic nitrogens is 2. The molecule has 0 unspecified atom stereocenters. The van der Waals surface area contributed by atoms with E-state index in [1.165, 1.54) is 27.9 Å². The highest BCUT2D eigenvalue weighted by Gasteiger charge is 2.26. The zero-order valence-corrected chi connectivity index (χ0v) is 13.4. The van der Waals surface area contributed by atoms with E-state index in [4.69, 9.17) is 5.10 Å². The average molecular weight is 281 g/mol. The van der Waals surface area contributed by atoms with Crippen molar-refractivity contribution in [3.63, 3.8) is 0 Å². The third kappa shape index (κ3) is 2.17. The first-order chi connectivity index (χ1) is 10.0. The van der Waals surface area contributed by atoms with Crippen LogP contribution >= 0.6 is 0 Å². The Balaban J connectivity index is 2.17. The Morgan fingerprint density at radius 2 is 1.86 bits per heavy atom. The third-order valence-electron chi connectivity index (χ3n) is 4.34. The molecule has 2 aromatic rings. The molecule has 0 aliphatic carbocycles. The second-order valence-corrected chi connectivity index (χ2v) is 6.02. The van der Waals surface area contributed by atoms with Crippen LogP contribution in [0.3, 0.4) is 0 Å². The summed E-state index contributed by atoms with van der Waals surface area (Å²) in [5.74, 6) is 1.11. The molecule has 1 aromatic carbocycles. The molecule has 1 aliphatic heterocycles. The quantitative estimate of drug-likeness (QED) is 0.827. The maximum absolute atomic E-state index is 4.76. The van der Waals surface area contributed by atoms with Crippen LogP contribution in [-0.4, -0.2) is 16.3 Å².